The van der Waals surface area contributed by atoms with Gasteiger partial charge in [-0.25, -0.2) is 5.43 Å². The summed E-state index contributed by atoms with van der Waals surface area (Å²) in [6.07, 6.45) is 0. The second-order valence-corrected chi connectivity index (χ2v) is 3.45. The maximum atomic E-state index is 10.8. The first-order valence-electron chi connectivity index (χ1n) is 4.40. The van der Waals surface area contributed by atoms with Crippen LogP contribution in [0.1, 0.15) is 12.5 Å². The van der Waals surface area contributed by atoms with E-state index < -0.39 is 11.8 Å². The van der Waals surface area contributed by atoms with Crippen LogP contribution in [0.15, 0.2) is 29.4 Å². The number of hydrazone groups is 1. The van der Waals surface area contributed by atoms with E-state index in [0.717, 1.165) is 5.56 Å². The molecule has 1 aromatic rings. The number of benzene rings is 1. The summed E-state index contributed by atoms with van der Waals surface area (Å²) in [6, 6.07) is 6.90. The Morgan fingerprint density at radius 2 is 1.88 bits per heavy atom. The van der Waals surface area contributed by atoms with Crippen LogP contribution in [-0.4, -0.2) is 17.5 Å². The van der Waals surface area contributed by atoms with Crippen molar-refractivity contribution in [2.75, 3.05) is 0 Å². The molecule has 0 fully saturated rings. The predicted molar refractivity (Wildman–Crippen MR) is 61.0 cm³/mol. The van der Waals surface area contributed by atoms with Gasteiger partial charge in [0.15, 0.2) is 0 Å². The van der Waals surface area contributed by atoms with E-state index in [-0.39, 0.29) is 0 Å². The van der Waals surface area contributed by atoms with Crippen LogP contribution in [0, 0.1) is 0 Å². The topological polar surface area (TPSA) is 84.6 Å². The Morgan fingerprint density at radius 1 is 1.31 bits per heavy atom. The summed E-state index contributed by atoms with van der Waals surface area (Å²) in [4.78, 5) is 21.2. The van der Waals surface area contributed by atoms with Crippen LogP contribution in [-0.2, 0) is 9.59 Å². The molecule has 0 spiro atoms. The maximum Gasteiger partial charge on any atom is 0.329 e. The molecule has 3 N–H and O–H groups in total. The molecule has 1 aromatic carbocycles. The van der Waals surface area contributed by atoms with Crippen LogP contribution in [0.3, 0.4) is 0 Å². The van der Waals surface area contributed by atoms with Gasteiger partial charge in [0.05, 0.1) is 5.71 Å². The third-order valence-corrected chi connectivity index (χ3v) is 2.06. The highest BCUT2D eigenvalue weighted by atomic mass is 35.5. The molecule has 0 heterocycles. The Balaban J connectivity index is 2.74. The highest BCUT2D eigenvalue weighted by molar-refractivity contribution is 6.34. The average Bonchev–Trinajstić information content (AvgIpc) is 2.26. The van der Waals surface area contributed by atoms with Crippen molar-refractivity contribution in [3.05, 3.63) is 34.9 Å². The highest BCUT2D eigenvalue weighted by Crippen LogP contribution is 2.09. The third-order valence-electron chi connectivity index (χ3n) is 1.81. The zero-order valence-corrected chi connectivity index (χ0v) is 9.28. The van der Waals surface area contributed by atoms with Crippen molar-refractivity contribution < 1.29 is 9.59 Å². The van der Waals surface area contributed by atoms with Crippen LogP contribution in [0.4, 0.5) is 0 Å². The van der Waals surface area contributed by atoms with Gasteiger partial charge in [0.2, 0.25) is 0 Å². The average molecular weight is 240 g/mol. The van der Waals surface area contributed by atoms with E-state index in [1.54, 1.807) is 31.2 Å². The first-order chi connectivity index (χ1) is 7.50. The van der Waals surface area contributed by atoms with E-state index in [4.69, 9.17) is 17.3 Å². The van der Waals surface area contributed by atoms with Gasteiger partial charge < -0.3 is 5.73 Å². The molecule has 16 heavy (non-hydrogen) atoms. The molecule has 0 aliphatic carbocycles. The second-order valence-electron chi connectivity index (χ2n) is 3.01. The standard InChI is InChI=1S/C10H10ClN3O2/c1-6(13-14-10(16)9(12)15)7-2-4-8(11)5-3-7/h2-5H,1H3,(H2,12,15)(H,14,16)/b13-6+. The summed E-state index contributed by atoms with van der Waals surface area (Å²) in [7, 11) is 0. The van der Waals surface area contributed by atoms with Crippen LogP contribution < -0.4 is 11.2 Å². The first-order valence-corrected chi connectivity index (χ1v) is 4.78. The Hall–Kier alpha value is -1.88. The SMILES string of the molecule is C/C(=N\NC(=O)C(N)=O)c1ccc(Cl)cc1. The van der Waals surface area contributed by atoms with Crippen LogP contribution in [0.2, 0.25) is 5.02 Å². The van der Waals surface area contributed by atoms with Gasteiger partial charge in [0.1, 0.15) is 0 Å². The Kier molecular flexibility index (Phi) is 4.02. The van der Waals surface area contributed by atoms with E-state index in [0.29, 0.717) is 10.7 Å². The van der Waals surface area contributed by atoms with Gasteiger partial charge in [-0.1, -0.05) is 23.7 Å². The van der Waals surface area contributed by atoms with Crippen molar-refractivity contribution in [2.24, 2.45) is 10.8 Å². The lowest BCUT2D eigenvalue weighted by Crippen LogP contribution is -2.33. The lowest BCUT2D eigenvalue weighted by molar-refractivity contribution is -0.137. The number of halogens is 1. The minimum Gasteiger partial charge on any atom is -0.361 e. The zero-order valence-electron chi connectivity index (χ0n) is 8.53. The molecule has 0 atom stereocenters. The van der Waals surface area contributed by atoms with Crippen molar-refractivity contribution in [1.29, 1.82) is 0 Å². The maximum absolute atomic E-state index is 10.8. The number of nitrogens with two attached hydrogens (primary N) is 1. The van der Waals surface area contributed by atoms with Crippen molar-refractivity contribution in [2.45, 2.75) is 6.92 Å². The molecule has 0 aliphatic heterocycles. The van der Waals surface area contributed by atoms with E-state index in [1.807, 2.05) is 5.43 Å². The zero-order chi connectivity index (χ0) is 12.1. The normalized spacial score (nSPS) is 11.0. The van der Waals surface area contributed by atoms with Crippen LogP contribution >= 0.6 is 11.6 Å². The van der Waals surface area contributed by atoms with E-state index in [1.165, 1.54) is 0 Å². The molecule has 1 rings (SSSR count). The van der Waals surface area contributed by atoms with Crippen molar-refractivity contribution in [3.63, 3.8) is 0 Å². The molecule has 0 bridgehead atoms. The lowest BCUT2D eigenvalue weighted by atomic mass is 10.1. The minimum absolute atomic E-state index is 0.547. The smallest absolute Gasteiger partial charge is 0.329 e. The fourth-order valence-corrected chi connectivity index (χ4v) is 1.07. The number of hydrogen-bond donors (Lipinski definition) is 2. The fourth-order valence-electron chi connectivity index (χ4n) is 0.945. The van der Waals surface area contributed by atoms with Gasteiger partial charge in [-0.05, 0) is 24.6 Å². The van der Waals surface area contributed by atoms with Gasteiger partial charge in [-0.15, -0.1) is 0 Å². The van der Waals surface area contributed by atoms with E-state index in [9.17, 15) is 9.59 Å². The van der Waals surface area contributed by atoms with Gasteiger partial charge >= 0.3 is 11.8 Å². The number of carbonyl (C=O) groups is 2. The molecule has 0 radical (unpaired) electrons. The summed E-state index contributed by atoms with van der Waals surface area (Å²) >= 11 is 5.71. The number of primary amides is 1. The number of amides is 2. The largest absolute Gasteiger partial charge is 0.361 e. The van der Waals surface area contributed by atoms with Gasteiger partial charge in [-0.2, -0.15) is 5.10 Å². The number of carbonyl (C=O) groups excluding carboxylic acids is 2. The number of rotatable bonds is 2. The Morgan fingerprint density at radius 3 is 2.38 bits per heavy atom. The molecular weight excluding hydrogens is 230 g/mol. The van der Waals surface area contributed by atoms with Crippen molar-refractivity contribution in [3.8, 4) is 0 Å². The lowest BCUT2D eigenvalue weighted by Gasteiger charge is -2.01. The quantitative estimate of drug-likeness (QED) is 0.452. The first kappa shape index (κ1) is 12.2. The Labute approximate surface area is 97.3 Å². The third kappa shape index (κ3) is 3.36. The Bertz CT molecular complexity index is 440. The van der Waals surface area contributed by atoms with Crippen LogP contribution in [0.25, 0.3) is 0 Å². The molecule has 5 nitrogen and oxygen atoms in total. The fraction of sp³-hybridized carbons (Fsp3) is 0.100. The second kappa shape index (κ2) is 5.27. The monoisotopic (exact) mass is 239 g/mol. The molecule has 0 unspecified atom stereocenters. The molecule has 0 saturated carbocycles. The summed E-state index contributed by atoms with van der Waals surface area (Å²) in [5.74, 6) is -2.03. The summed E-state index contributed by atoms with van der Waals surface area (Å²) in [6.45, 7) is 1.69. The highest BCUT2D eigenvalue weighted by Gasteiger charge is 2.06. The van der Waals surface area contributed by atoms with E-state index >= 15 is 0 Å². The molecule has 2 amide bonds. The summed E-state index contributed by atoms with van der Waals surface area (Å²) in [5.41, 5.74) is 8.11. The van der Waals surface area contributed by atoms with E-state index in [2.05, 4.69) is 5.10 Å². The minimum atomic E-state index is -1.08. The molecule has 84 valence electrons. The molecule has 6 heteroatoms. The molecule has 0 aromatic heterocycles. The van der Waals surface area contributed by atoms with Crippen molar-refractivity contribution in [1.82, 2.24) is 5.43 Å². The van der Waals surface area contributed by atoms with Gasteiger partial charge in [0, 0.05) is 5.02 Å². The molecule has 0 saturated heterocycles. The summed E-state index contributed by atoms with van der Waals surface area (Å²) < 4.78 is 0. The van der Waals surface area contributed by atoms with Crippen LogP contribution in [0.5, 0.6) is 0 Å². The number of hydrogen-bond acceptors (Lipinski definition) is 3. The number of nitrogens with zero attached hydrogens (tertiary/aromatic N) is 1. The van der Waals surface area contributed by atoms with Gasteiger partial charge in [0.25, 0.3) is 0 Å². The van der Waals surface area contributed by atoms with Gasteiger partial charge in [-0.3, -0.25) is 9.59 Å². The number of nitrogens with one attached hydrogen (secondary N) is 1. The molecule has 0 aliphatic rings. The molecular formula is C10H10ClN3O2. The predicted octanol–water partition coefficient (Wildman–Crippen LogP) is 0.666. The summed E-state index contributed by atoms with van der Waals surface area (Å²) in [5, 5.41) is 4.33. The van der Waals surface area contributed by atoms with Crippen molar-refractivity contribution >= 4 is 29.1 Å².